The molecule has 2 aromatic rings. The van der Waals surface area contributed by atoms with Gasteiger partial charge < -0.3 is 44.4 Å². The molecule has 550 valence electrons. The molecule has 2 aromatic carbocycles. The number of hydrogen-bond acceptors (Lipinski definition) is 9. The smallest absolute Gasteiger partial charge is 0.252 e. The van der Waals surface area contributed by atoms with Crippen LogP contribution in [0, 0.1) is 11.8 Å². The number of hydrogen-bond donors (Lipinski definition) is 3. The number of nitrogens with one attached hydrogen (secondary N) is 3. The molecular formula is C83H149N3O9. The van der Waals surface area contributed by atoms with Crippen molar-refractivity contribution in [1.82, 2.24) is 10.6 Å². The van der Waals surface area contributed by atoms with Crippen LogP contribution in [-0.4, -0.2) is 69.4 Å². The van der Waals surface area contributed by atoms with E-state index < -0.39 is 23.9 Å². The van der Waals surface area contributed by atoms with Gasteiger partial charge in [0.05, 0.1) is 39.6 Å². The molecule has 0 aliphatic carbocycles. The van der Waals surface area contributed by atoms with Crippen molar-refractivity contribution in [1.29, 1.82) is 0 Å². The Labute approximate surface area is 584 Å². The van der Waals surface area contributed by atoms with Crippen molar-refractivity contribution >= 4 is 23.4 Å². The minimum atomic E-state index is -0.969. The molecule has 0 aliphatic rings. The SMILES string of the molecule is CCCCCCCCCCOc1cc(NC(=O)[C@@H](NC(=O)[C@H](NC(=O)c2cc(OCCCCCCCCCC)c(OCCCCCCCCCC)c(OCCCCCCCCCC)c2)C(C)C)C(C)C)cc(OCCCCCCCCCC)c1OCCCCCCCCCC. The van der Waals surface area contributed by atoms with Gasteiger partial charge in [0.1, 0.15) is 12.1 Å². The minimum Gasteiger partial charge on any atom is -0.490 e. The zero-order chi connectivity index (χ0) is 69.0. The van der Waals surface area contributed by atoms with Gasteiger partial charge in [0.15, 0.2) is 23.0 Å². The molecule has 3 amide bonds. The first kappa shape index (κ1) is 86.7. The van der Waals surface area contributed by atoms with Crippen LogP contribution >= 0.6 is 0 Å². The first-order valence-electron chi connectivity index (χ1n) is 40.5. The minimum absolute atomic E-state index is 0.299. The maximum Gasteiger partial charge on any atom is 0.252 e. The van der Waals surface area contributed by atoms with Gasteiger partial charge >= 0.3 is 0 Å². The highest BCUT2D eigenvalue weighted by Crippen LogP contribution is 2.42. The van der Waals surface area contributed by atoms with E-state index in [4.69, 9.17) is 28.4 Å². The van der Waals surface area contributed by atoms with Gasteiger partial charge in [0, 0.05) is 23.4 Å². The van der Waals surface area contributed by atoms with Crippen molar-refractivity contribution < 1.29 is 42.8 Å². The number of unbranched alkanes of at least 4 members (excludes halogenated alkanes) is 42. The lowest BCUT2D eigenvalue weighted by Gasteiger charge is -2.27. The van der Waals surface area contributed by atoms with Gasteiger partial charge in [-0.1, -0.05) is 339 Å². The van der Waals surface area contributed by atoms with Crippen LogP contribution in [0.2, 0.25) is 0 Å². The second-order valence-electron chi connectivity index (χ2n) is 28.5. The van der Waals surface area contributed by atoms with E-state index >= 15 is 0 Å². The zero-order valence-corrected chi connectivity index (χ0v) is 63.5. The number of rotatable bonds is 68. The van der Waals surface area contributed by atoms with Crippen molar-refractivity contribution in [2.75, 3.05) is 45.0 Å². The van der Waals surface area contributed by atoms with Gasteiger partial charge in [-0.2, -0.15) is 0 Å². The third kappa shape index (κ3) is 43.6. The summed E-state index contributed by atoms with van der Waals surface area (Å²) in [5.41, 5.74) is 0.829. The molecule has 0 saturated heterocycles. The van der Waals surface area contributed by atoms with Crippen molar-refractivity contribution in [3.63, 3.8) is 0 Å². The number of anilines is 1. The van der Waals surface area contributed by atoms with Crippen molar-refractivity contribution in [2.24, 2.45) is 11.8 Å². The van der Waals surface area contributed by atoms with E-state index in [1.54, 1.807) is 12.1 Å². The van der Waals surface area contributed by atoms with Gasteiger partial charge in [0.2, 0.25) is 23.3 Å². The van der Waals surface area contributed by atoms with E-state index in [-0.39, 0.29) is 17.7 Å². The molecule has 0 saturated carbocycles. The third-order valence-corrected chi connectivity index (χ3v) is 18.6. The highest BCUT2D eigenvalue weighted by atomic mass is 16.5. The van der Waals surface area contributed by atoms with Gasteiger partial charge in [-0.05, 0) is 62.5 Å². The standard InChI is InChI=1S/C83H149N3O9/c1-11-17-23-29-35-41-47-53-59-90-73-65-71(66-74(91-60-54-48-42-36-30-24-18-12-2)79(73)94-63-57-51-45-39-33-27-21-15-5)81(87)85-78(70(9)10)83(89)86-77(69(7)8)82(88)84-72-67-75(92-61-55-49-43-37-31-25-19-13-3)80(95-64-58-52-46-40-34-28-22-16-6)76(68-72)93-62-56-50-44-38-32-26-20-14-4/h65-70,77-78H,11-64H2,1-10H3,(H,84,88)(H,85,87)(H,86,89)/t77-,78+/m0/s1. The lowest BCUT2D eigenvalue weighted by molar-refractivity contribution is -0.129. The first-order valence-corrected chi connectivity index (χ1v) is 40.5. The number of benzene rings is 2. The summed E-state index contributed by atoms with van der Waals surface area (Å²) in [7, 11) is 0. The summed E-state index contributed by atoms with van der Waals surface area (Å²) in [6.07, 6.45) is 56.9. The normalized spacial score (nSPS) is 12.1. The fourth-order valence-electron chi connectivity index (χ4n) is 12.3. The summed E-state index contributed by atoms with van der Waals surface area (Å²) in [4.78, 5) is 44.3. The number of ether oxygens (including phenoxy) is 6. The summed E-state index contributed by atoms with van der Waals surface area (Å²) in [6, 6.07) is 5.34. The van der Waals surface area contributed by atoms with Crippen LogP contribution in [-0.2, 0) is 9.59 Å². The Balaban J connectivity index is 2.51. The predicted molar refractivity (Wildman–Crippen MR) is 403 cm³/mol. The molecule has 0 aromatic heterocycles. The molecule has 0 spiro atoms. The molecular weight excluding hydrogens is 1180 g/mol. The highest BCUT2D eigenvalue weighted by molar-refractivity contribution is 6.01. The Morgan fingerprint density at radius 3 is 0.758 bits per heavy atom. The van der Waals surface area contributed by atoms with E-state index in [2.05, 4.69) is 57.5 Å². The van der Waals surface area contributed by atoms with Crippen LogP contribution in [0.25, 0.3) is 0 Å². The van der Waals surface area contributed by atoms with E-state index in [0.717, 1.165) is 89.9 Å². The van der Waals surface area contributed by atoms with Crippen LogP contribution < -0.4 is 44.4 Å². The third-order valence-electron chi connectivity index (χ3n) is 18.6. The Morgan fingerprint density at radius 2 is 0.505 bits per heavy atom. The molecule has 2 atom stereocenters. The van der Waals surface area contributed by atoms with Gasteiger partial charge in [-0.25, -0.2) is 0 Å². The first-order chi connectivity index (χ1) is 46.4. The second kappa shape index (κ2) is 60.8. The zero-order valence-electron chi connectivity index (χ0n) is 63.5. The quantitative estimate of drug-likeness (QED) is 0.0552. The molecule has 0 heterocycles. The Morgan fingerprint density at radius 1 is 0.284 bits per heavy atom. The van der Waals surface area contributed by atoms with E-state index in [9.17, 15) is 14.4 Å². The molecule has 0 fully saturated rings. The lowest BCUT2D eigenvalue weighted by Crippen LogP contribution is -2.55. The highest BCUT2D eigenvalue weighted by Gasteiger charge is 2.32. The molecule has 3 N–H and O–H groups in total. The summed E-state index contributed by atoms with van der Waals surface area (Å²) in [6.45, 7) is 24.3. The summed E-state index contributed by atoms with van der Waals surface area (Å²) in [5, 5.41) is 9.37. The van der Waals surface area contributed by atoms with Crippen LogP contribution in [0.5, 0.6) is 34.5 Å². The molecule has 0 radical (unpaired) electrons. The fourth-order valence-corrected chi connectivity index (χ4v) is 12.3. The number of carbonyl (C=O) groups excluding carboxylic acids is 3. The van der Waals surface area contributed by atoms with E-state index in [1.165, 1.54) is 218 Å². The molecule has 0 aliphatic heterocycles. The average Bonchev–Trinajstić information content (AvgIpc) is 0.857. The Bertz CT molecular complexity index is 2060. The maximum atomic E-state index is 14.8. The average molecular weight is 1330 g/mol. The molecule has 0 unspecified atom stereocenters. The van der Waals surface area contributed by atoms with E-state index in [1.807, 2.05) is 39.8 Å². The molecule has 12 heteroatoms. The van der Waals surface area contributed by atoms with Crippen molar-refractivity contribution in [3.8, 4) is 34.5 Å². The number of amides is 3. The van der Waals surface area contributed by atoms with Gasteiger partial charge in [0.25, 0.3) is 5.91 Å². The molecule has 0 bridgehead atoms. The number of carbonyl (C=O) groups is 3. The van der Waals surface area contributed by atoms with E-state index in [0.29, 0.717) is 85.4 Å². The lowest BCUT2D eigenvalue weighted by atomic mass is 9.99. The summed E-state index contributed by atoms with van der Waals surface area (Å²) >= 11 is 0. The van der Waals surface area contributed by atoms with Gasteiger partial charge in [-0.3, -0.25) is 14.4 Å². The fraction of sp³-hybridized carbons (Fsp3) is 0.819. The Hall–Kier alpha value is -4.35. The van der Waals surface area contributed by atoms with Crippen LogP contribution in [0.15, 0.2) is 24.3 Å². The largest absolute Gasteiger partial charge is 0.490 e. The maximum absolute atomic E-state index is 14.8. The van der Waals surface area contributed by atoms with Crippen LogP contribution in [0.1, 0.15) is 388 Å². The van der Waals surface area contributed by atoms with Crippen molar-refractivity contribution in [3.05, 3.63) is 29.8 Å². The summed E-state index contributed by atoms with van der Waals surface area (Å²) in [5.74, 6) is 1.32. The van der Waals surface area contributed by atoms with Gasteiger partial charge in [-0.15, -0.1) is 0 Å². The summed E-state index contributed by atoms with van der Waals surface area (Å²) < 4.78 is 39.8. The van der Waals surface area contributed by atoms with Crippen LogP contribution in [0.4, 0.5) is 5.69 Å². The topological polar surface area (TPSA) is 143 Å². The molecule has 2 rings (SSSR count). The molecule has 12 nitrogen and oxygen atoms in total. The Kier molecular flexibility index (Phi) is 55.5. The van der Waals surface area contributed by atoms with Crippen LogP contribution in [0.3, 0.4) is 0 Å². The predicted octanol–water partition coefficient (Wildman–Crippen LogP) is 24.3. The monoisotopic (exact) mass is 1330 g/mol. The second-order valence-corrected chi connectivity index (χ2v) is 28.5. The molecule has 95 heavy (non-hydrogen) atoms. The van der Waals surface area contributed by atoms with Crippen molar-refractivity contribution in [2.45, 2.75) is 390 Å².